The van der Waals surface area contributed by atoms with Crippen molar-refractivity contribution in [2.24, 2.45) is 5.92 Å². The highest BCUT2D eigenvalue weighted by Gasteiger charge is 2.25. The van der Waals surface area contributed by atoms with Gasteiger partial charge < -0.3 is 14.8 Å². The Balaban J connectivity index is 2.26. The van der Waals surface area contributed by atoms with Crippen LogP contribution in [0.15, 0.2) is 0 Å². The molecule has 5 heteroatoms. The quantitative estimate of drug-likeness (QED) is 0.801. The fourth-order valence-corrected chi connectivity index (χ4v) is 2.30. The zero-order chi connectivity index (χ0) is 14.5. The van der Waals surface area contributed by atoms with Crippen LogP contribution in [0.1, 0.15) is 52.9 Å². The van der Waals surface area contributed by atoms with Crippen LogP contribution in [-0.2, 0) is 14.3 Å². The van der Waals surface area contributed by atoms with Crippen molar-refractivity contribution in [2.45, 2.75) is 64.5 Å². The van der Waals surface area contributed by atoms with Crippen LogP contribution >= 0.6 is 0 Å². The zero-order valence-electron chi connectivity index (χ0n) is 12.3. The normalized spacial score (nSPS) is 23.6. The summed E-state index contributed by atoms with van der Waals surface area (Å²) >= 11 is 0. The lowest BCUT2D eigenvalue weighted by Crippen LogP contribution is -2.41. The average Bonchev–Trinajstić information content (AvgIpc) is 2.29. The molecular weight excluding hydrogens is 246 g/mol. The molecule has 19 heavy (non-hydrogen) atoms. The van der Waals surface area contributed by atoms with E-state index in [4.69, 9.17) is 4.74 Å². The van der Waals surface area contributed by atoms with Crippen molar-refractivity contribution in [1.29, 1.82) is 0 Å². The lowest BCUT2D eigenvalue weighted by atomic mass is 9.84. The number of ether oxygens (including phenoxy) is 2. The van der Waals surface area contributed by atoms with Crippen molar-refractivity contribution < 1.29 is 19.1 Å². The monoisotopic (exact) mass is 271 g/mol. The molecule has 0 aromatic carbocycles. The van der Waals surface area contributed by atoms with Crippen molar-refractivity contribution in [3.8, 4) is 0 Å². The van der Waals surface area contributed by atoms with Gasteiger partial charge in [0.2, 0.25) is 0 Å². The van der Waals surface area contributed by atoms with Gasteiger partial charge in [0.15, 0.2) is 0 Å². The van der Waals surface area contributed by atoms with Gasteiger partial charge in [0.25, 0.3) is 0 Å². The number of amides is 1. The molecule has 1 rings (SSSR count). The van der Waals surface area contributed by atoms with Crippen LogP contribution in [0, 0.1) is 5.92 Å². The third-order valence-electron chi connectivity index (χ3n) is 3.25. The number of nitrogens with one attached hydrogen (secondary N) is 1. The number of carbonyl (C=O) groups excluding carboxylic acids is 2. The smallest absolute Gasteiger partial charge is 0.407 e. The molecule has 0 aromatic rings. The predicted molar refractivity (Wildman–Crippen MR) is 71.7 cm³/mol. The summed E-state index contributed by atoms with van der Waals surface area (Å²) in [6.45, 7) is 5.54. The minimum absolute atomic E-state index is 0.149. The summed E-state index contributed by atoms with van der Waals surface area (Å²) in [5.41, 5.74) is -0.466. The van der Waals surface area contributed by atoms with E-state index in [0.717, 1.165) is 25.7 Å². The lowest BCUT2D eigenvalue weighted by molar-refractivity contribution is -0.142. The summed E-state index contributed by atoms with van der Waals surface area (Å²) in [7, 11) is 1.41. The third-order valence-corrected chi connectivity index (χ3v) is 3.25. The molecule has 1 saturated carbocycles. The molecule has 1 aliphatic carbocycles. The number of rotatable bonds is 3. The van der Waals surface area contributed by atoms with Crippen molar-refractivity contribution >= 4 is 12.1 Å². The molecule has 0 spiro atoms. The van der Waals surface area contributed by atoms with E-state index in [1.807, 2.05) is 20.8 Å². The second-order valence-corrected chi connectivity index (χ2v) is 6.14. The fourth-order valence-electron chi connectivity index (χ4n) is 2.30. The maximum Gasteiger partial charge on any atom is 0.407 e. The number of methoxy groups -OCH3 is 1. The van der Waals surface area contributed by atoms with Gasteiger partial charge in [0, 0.05) is 12.5 Å². The van der Waals surface area contributed by atoms with Gasteiger partial charge in [-0.1, -0.05) is 0 Å². The van der Waals surface area contributed by atoms with Crippen LogP contribution in [0.4, 0.5) is 4.79 Å². The van der Waals surface area contributed by atoms with E-state index in [1.165, 1.54) is 7.11 Å². The summed E-state index contributed by atoms with van der Waals surface area (Å²) in [6, 6.07) is 0.156. The summed E-state index contributed by atoms with van der Waals surface area (Å²) in [5.74, 6) is 0.229. The molecule has 0 radical (unpaired) electrons. The molecule has 0 atom stereocenters. The Morgan fingerprint density at radius 1 is 1.16 bits per heavy atom. The van der Waals surface area contributed by atoms with E-state index < -0.39 is 5.60 Å². The van der Waals surface area contributed by atoms with Gasteiger partial charge in [-0.25, -0.2) is 4.79 Å². The molecule has 1 N–H and O–H groups in total. The maximum absolute atomic E-state index is 11.6. The highest BCUT2D eigenvalue weighted by atomic mass is 16.6. The molecule has 0 saturated heterocycles. The number of hydrogen-bond acceptors (Lipinski definition) is 4. The first-order valence-electron chi connectivity index (χ1n) is 6.86. The van der Waals surface area contributed by atoms with Gasteiger partial charge in [-0.05, 0) is 52.4 Å². The SMILES string of the molecule is COC(=O)C[C@H]1CC[C@H](NC(=O)OC(C)(C)C)CC1. The molecule has 0 bridgehead atoms. The average molecular weight is 271 g/mol. The molecule has 5 nitrogen and oxygen atoms in total. The minimum Gasteiger partial charge on any atom is -0.469 e. The first-order valence-corrected chi connectivity index (χ1v) is 6.86. The lowest BCUT2D eigenvalue weighted by Gasteiger charge is -2.29. The van der Waals surface area contributed by atoms with Gasteiger partial charge in [-0.2, -0.15) is 0 Å². The van der Waals surface area contributed by atoms with Gasteiger partial charge in [-0.3, -0.25) is 4.79 Å². The van der Waals surface area contributed by atoms with Crippen molar-refractivity contribution in [1.82, 2.24) is 5.32 Å². The van der Waals surface area contributed by atoms with Crippen LogP contribution < -0.4 is 5.32 Å². The zero-order valence-corrected chi connectivity index (χ0v) is 12.3. The second-order valence-electron chi connectivity index (χ2n) is 6.14. The van der Waals surface area contributed by atoms with Gasteiger partial charge in [-0.15, -0.1) is 0 Å². The maximum atomic E-state index is 11.6. The molecule has 0 heterocycles. The highest BCUT2D eigenvalue weighted by molar-refractivity contribution is 5.69. The van der Waals surface area contributed by atoms with E-state index in [-0.39, 0.29) is 18.1 Å². The molecule has 0 unspecified atom stereocenters. The molecule has 1 aliphatic rings. The number of hydrogen-bond donors (Lipinski definition) is 1. The Hall–Kier alpha value is -1.26. The number of alkyl carbamates (subject to hydrolysis) is 1. The molecule has 0 aliphatic heterocycles. The van der Waals surface area contributed by atoms with Crippen LogP contribution in [0.25, 0.3) is 0 Å². The van der Waals surface area contributed by atoms with Crippen molar-refractivity contribution in [3.05, 3.63) is 0 Å². The van der Waals surface area contributed by atoms with Gasteiger partial charge in [0.05, 0.1) is 7.11 Å². The number of carbonyl (C=O) groups is 2. The summed E-state index contributed by atoms with van der Waals surface area (Å²) in [4.78, 5) is 22.8. The molecule has 110 valence electrons. The summed E-state index contributed by atoms with van der Waals surface area (Å²) < 4.78 is 9.90. The predicted octanol–water partition coefficient (Wildman–Crippen LogP) is 2.63. The first kappa shape index (κ1) is 15.8. The van der Waals surface area contributed by atoms with Crippen LogP contribution in [0.2, 0.25) is 0 Å². The molecule has 1 fully saturated rings. The standard InChI is InChI=1S/C14H25NO4/c1-14(2,3)19-13(17)15-11-7-5-10(6-8-11)9-12(16)18-4/h10-11H,5-9H2,1-4H3,(H,15,17)/t10-,11-. The van der Waals surface area contributed by atoms with Crippen molar-refractivity contribution in [2.75, 3.05) is 7.11 Å². The Morgan fingerprint density at radius 2 is 1.74 bits per heavy atom. The summed E-state index contributed by atoms with van der Waals surface area (Å²) in [6.07, 6.45) is 3.78. The van der Waals surface area contributed by atoms with E-state index in [1.54, 1.807) is 0 Å². The van der Waals surface area contributed by atoms with Crippen LogP contribution in [-0.4, -0.2) is 30.8 Å². The van der Waals surface area contributed by atoms with E-state index in [0.29, 0.717) is 12.3 Å². The van der Waals surface area contributed by atoms with Crippen LogP contribution in [0.3, 0.4) is 0 Å². The Morgan fingerprint density at radius 3 is 2.21 bits per heavy atom. The second kappa shape index (κ2) is 6.78. The highest BCUT2D eigenvalue weighted by Crippen LogP contribution is 2.27. The van der Waals surface area contributed by atoms with Gasteiger partial charge >= 0.3 is 12.1 Å². The molecular formula is C14H25NO4. The molecule has 1 amide bonds. The number of esters is 1. The van der Waals surface area contributed by atoms with Crippen molar-refractivity contribution in [3.63, 3.8) is 0 Å². The van der Waals surface area contributed by atoms with Crippen LogP contribution in [0.5, 0.6) is 0 Å². The summed E-state index contributed by atoms with van der Waals surface area (Å²) in [5, 5.41) is 2.89. The minimum atomic E-state index is -0.466. The molecule has 0 aromatic heterocycles. The Labute approximate surface area is 115 Å². The largest absolute Gasteiger partial charge is 0.469 e. The van der Waals surface area contributed by atoms with E-state index >= 15 is 0 Å². The van der Waals surface area contributed by atoms with E-state index in [9.17, 15) is 9.59 Å². The fraction of sp³-hybridized carbons (Fsp3) is 0.857. The Bertz CT molecular complexity index is 314. The van der Waals surface area contributed by atoms with E-state index in [2.05, 4.69) is 10.1 Å². The van der Waals surface area contributed by atoms with Gasteiger partial charge in [0.1, 0.15) is 5.60 Å². The topological polar surface area (TPSA) is 64.6 Å². The third kappa shape index (κ3) is 6.45. The first-order chi connectivity index (χ1) is 8.80. The Kier molecular flexibility index (Phi) is 5.63.